The lowest BCUT2D eigenvalue weighted by Gasteiger charge is -2.35. The number of aliphatic carboxylic acids is 2. The Morgan fingerprint density at radius 2 is 1.31 bits per heavy atom. The molecule has 49 heavy (non-hydrogen) atoms. The number of phenols is 2. The Balaban J connectivity index is 2.26. The molecular formula is C29H33N3O15S2. The van der Waals surface area contributed by atoms with Gasteiger partial charge in [0.1, 0.15) is 44.6 Å². The molecule has 0 aliphatic heterocycles. The van der Waals surface area contributed by atoms with Crippen LogP contribution in [0.25, 0.3) is 0 Å². The fourth-order valence-electron chi connectivity index (χ4n) is 5.13. The van der Waals surface area contributed by atoms with E-state index in [2.05, 4.69) is 4.98 Å². The average Bonchev–Trinajstić information content (AvgIpc) is 3.00. The topological polar surface area (TPSA) is 279 Å². The minimum Gasteiger partial charge on any atom is -0.506 e. The lowest BCUT2D eigenvalue weighted by atomic mass is 9.99. The fourth-order valence-corrected chi connectivity index (χ4v) is 6.39. The number of benzene rings is 2. The number of aromatic nitrogens is 1. The number of Topliss-reactive ketones (excluding diaryl/α,β-unsaturated/α-hetero) is 1. The molecule has 0 saturated heterocycles. The maximum absolute atomic E-state index is 12.7. The number of aromatic hydroxyl groups is 2. The van der Waals surface area contributed by atoms with Crippen molar-refractivity contribution in [2.75, 3.05) is 40.4 Å². The standard InChI is InChI=1S/C29H33N3O15S2/c1-16(33)14-31(26(29(38)39)20-11-18(47-3)13-23(28(20)37)49(43,44)45)8-9-32(15-24(34)35)25(21-6-4-5-7-30-21)19-10-17(46-2)12-22(27(19)36)48(40,41)42/h4-7,10-13,25-26,36-37H,8-9,14-15H2,1-3H3,(H,34,35)(H,38,39)(H,40,41,42)(H,43,44,45). The van der Waals surface area contributed by atoms with Gasteiger partial charge in [-0.2, -0.15) is 16.8 Å². The highest BCUT2D eigenvalue weighted by atomic mass is 32.2. The maximum atomic E-state index is 12.7. The first-order chi connectivity index (χ1) is 22.8. The van der Waals surface area contributed by atoms with Gasteiger partial charge in [0.15, 0.2) is 0 Å². The lowest BCUT2D eigenvalue weighted by Crippen LogP contribution is -2.44. The van der Waals surface area contributed by atoms with Crippen molar-refractivity contribution in [1.82, 2.24) is 14.8 Å². The molecular weight excluding hydrogens is 694 g/mol. The zero-order chi connectivity index (χ0) is 36.8. The van der Waals surface area contributed by atoms with E-state index in [4.69, 9.17) is 9.47 Å². The normalized spacial score (nSPS) is 13.2. The van der Waals surface area contributed by atoms with Crippen LogP contribution < -0.4 is 9.47 Å². The number of ether oxygens (including phenoxy) is 2. The Hall–Kier alpha value is -4.86. The fraction of sp³-hybridized carbons (Fsp3) is 0.310. The summed E-state index contributed by atoms with van der Waals surface area (Å²) in [6.45, 7) is -1.33. The highest BCUT2D eigenvalue weighted by molar-refractivity contribution is 7.86. The highest BCUT2D eigenvalue weighted by Gasteiger charge is 2.36. The molecule has 2 atom stereocenters. The van der Waals surface area contributed by atoms with Crippen molar-refractivity contribution in [3.05, 3.63) is 65.5 Å². The largest absolute Gasteiger partial charge is 0.506 e. The average molecular weight is 728 g/mol. The second-order valence-electron chi connectivity index (χ2n) is 10.5. The predicted molar refractivity (Wildman–Crippen MR) is 167 cm³/mol. The molecule has 6 N–H and O–H groups in total. The number of carbonyl (C=O) groups excluding carboxylic acids is 1. The molecule has 266 valence electrons. The number of methoxy groups -OCH3 is 2. The Bertz CT molecular complexity index is 1940. The van der Waals surface area contributed by atoms with E-state index in [0.717, 1.165) is 42.0 Å². The van der Waals surface area contributed by atoms with Gasteiger partial charge < -0.3 is 29.9 Å². The van der Waals surface area contributed by atoms with Gasteiger partial charge in [-0.25, -0.2) is 0 Å². The minimum atomic E-state index is -5.12. The van der Waals surface area contributed by atoms with Gasteiger partial charge in [-0.05, 0) is 31.2 Å². The molecule has 0 aliphatic carbocycles. The zero-order valence-electron chi connectivity index (χ0n) is 26.1. The van der Waals surface area contributed by atoms with Crippen LogP contribution >= 0.6 is 0 Å². The van der Waals surface area contributed by atoms with Crippen LogP contribution in [0.15, 0.2) is 58.5 Å². The first-order valence-electron chi connectivity index (χ1n) is 13.9. The SMILES string of the molecule is COc1cc(C(C(=O)O)N(CCN(CC(=O)O)C(c2ccccn2)c2cc(OC)cc(S(=O)(=O)O)c2O)CC(C)=O)c(O)c(S(=O)(=O)O)c1. The third-order valence-corrected chi connectivity index (χ3v) is 8.88. The van der Waals surface area contributed by atoms with Crippen molar-refractivity contribution in [2.24, 2.45) is 0 Å². The van der Waals surface area contributed by atoms with E-state index in [1.807, 2.05) is 0 Å². The Morgan fingerprint density at radius 1 is 0.796 bits per heavy atom. The number of carboxylic acids is 2. The van der Waals surface area contributed by atoms with E-state index >= 15 is 0 Å². The minimum absolute atomic E-state index is 0.0599. The van der Waals surface area contributed by atoms with Gasteiger partial charge in [0.05, 0.1) is 39.0 Å². The molecule has 18 nitrogen and oxygen atoms in total. The van der Waals surface area contributed by atoms with Gasteiger partial charge in [-0.1, -0.05) is 6.07 Å². The molecule has 20 heteroatoms. The van der Waals surface area contributed by atoms with E-state index in [1.54, 1.807) is 0 Å². The smallest absolute Gasteiger partial charge is 0.325 e. The van der Waals surface area contributed by atoms with Gasteiger partial charge >= 0.3 is 11.9 Å². The van der Waals surface area contributed by atoms with Crippen molar-refractivity contribution in [2.45, 2.75) is 28.8 Å². The highest BCUT2D eigenvalue weighted by Crippen LogP contribution is 2.41. The second-order valence-corrected chi connectivity index (χ2v) is 13.3. The first-order valence-corrected chi connectivity index (χ1v) is 16.8. The summed E-state index contributed by atoms with van der Waals surface area (Å²) in [4.78, 5) is 41.6. The third kappa shape index (κ3) is 9.40. The Kier molecular flexibility index (Phi) is 12.3. The molecule has 0 spiro atoms. The maximum Gasteiger partial charge on any atom is 0.325 e. The van der Waals surface area contributed by atoms with Gasteiger partial charge in [0, 0.05) is 42.5 Å². The Labute approximate surface area is 280 Å². The van der Waals surface area contributed by atoms with Crippen LogP contribution in [0.2, 0.25) is 0 Å². The molecule has 0 radical (unpaired) electrons. The molecule has 1 heterocycles. The summed E-state index contributed by atoms with van der Waals surface area (Å²) in [5.74, 6) is -6.30. The van der Waals surface area contributed by atoms with Crippen molar-refractivity contribution in [1.29, 1.82) is 0 Å². The van der Waals surface area contributed by atoms with Crippen LogP contribution in [0.3, 0.4) is 0 Å². The molecule has 0 fully saturated rings. The van der Waals surface area contributed by atoms with Gasteiger partial charge in [0.2, 0.25) is 0 Å². The van der Waals surface area contributed by atoms with Crippen LogP contribution in [-0.2, 0) is 34.6 Å². The van der Waals surface area contributed by atoms with E-state index in [9.17, 15) is 60.8 Å². The molecule has 0 bridgehead atoms. The molecule has 0 saturated carbocycles. The first kappa shape index (κ1) is 38.6. The summed E-state index contributed by atoms with van der Waals surface area (Å²) >= 11 is 0. The summed E-state index contributed by atoms with van der Waals surface area (Å²) in [7, 11) is -7.90. The van der Waals surface area contributed by atoms with Crippen LogP contribution in [0.1, 0.15) is 35.8 Å². The Morgan fingerprint density at radius 3 is 1.73 bits per heavy atom. The number of carboxylic acid groups (broad SMARTS) is 2. The number of pyridine rings is 1. The van der Waals surface area contributed by atoms with Crippen LogP contribution in [0.5, 0.6) is 23.0 Å². The number of carbonyl (C=O) groups is 3. The second kappa shape index (κ2) is 15.6. The van der Waals surface area contributed by atoms with E-state index in [-0.39, 0.29) is 22.8 Å². The van der Waals surface area contributed by atoms with Gasteiger partial charge in [0.25, 0.3) is 20.2 Å². The third-order valence-electron chi connectivity index (χ3n) is 7.14. The van der Waals surface area contributed by atoms with Crippen molar-refractivity contribution in [3.63, 3.8) is 0 Å². The van der Waals surface area contributed by atoms with Crippen molar-refractivity contribution in [3.8, 4) is 23.0 Å². The molecule has 0 aliphatic rings. The molecule has 1 aromatic heterocycles. The van der Waals surface area contributed by atoms with Crippen LogP contribution in [0.4, 0.5) is 0 Å². The molecule has 3 aromatic rings. The van der Waals surface area contributed by atoms with E-state index in [1.165, 1.54) is 37.6 Å². The summed E-state index contributed by atoms with van der Waals surface area (Å²) in [5.41, 5.74) is -0.831. The summed E-state index contributed by atoms with van der Waals surface area (Å²) < 4.78 is 78.0. The number of ketones is 1. The molecule has 3 rings (SSSR count). The number of nitrogens with zero attached hydrogens (tertiary/aromatic N) is 3. The number of rotatable bonds is 17. The number of phenolic OH excluding ortho intramolecular Hbond substituents is 2. The number of hydrogen-bond donors (Lipinski definition) is 6. The predicted octanol–water partition coefficient (Wildman–Crippen LogP) is 1.20. The van der Waals surface area contributed by atoms with Crippen molar-refractivity contribution < 1.29 is 70.2 Å². The molecule has 0 amide bonds. The summed E-state index contributed by atoms with van der Waals surface area (Å²) in [6, 6.07) is 4.78. The van der Waals surface area contributed by atoms with Crippen LogP contribution in [-0.4, -0.2) is 119 Å². The quantitative estimate of drug-likeness (QED) is 0.107. The summed E-state index contributed by atoms with van der Waals surface area (Å²) in [5, 5.41) is 42.1. The monoisotopic (exact) mass is 727 g/mol. The van der Waals surface area contributed by atoms with E-state index < -0.39 is 103 Å². The molecule has 2 aromatic carbocycles. The van der Waals surface area contributed by atoms with Crippen molar-refractivity contribution >= 4 is 38.0 Å². The molecule has 2 unspecified atom stereocenters. The van der Waals surface area contributed by atoms with Gasteiger partial charge in [-0.15, -0.1) is 0 Å². The van der Waals surface area contributed by atoms with Crippen LogP contribution in [0, 0.1) is 0 Å². The number of hydrogen-bond acceptors (Lipinski definition) is 14. The van der Waals surface area contributed by atoms with E-state index in [0.29, 0.717) is 0 Å². The lowest BCUT2D eigenvalue weighted by molar-refractivity contribution is -0.145. The zero-order valence-corrected chi connectivity index (χ0v) is 27.8. The summed E-state index contributed by atoms with van der Waals surface area (Å²) in [6.07, 6.45) is 1.32. The van der Waals surface area contributed by atoms with Gasteiger partial charge in [-0.3, -0.25) is 38.3 Å².